The second-order valence-corrected chi connectivity index (χ2v) is 3.89. The Morgan fingerprint density at radius 3 is 2.17 bits per heavy atom. The van der Waals surface area contributed by atoms with Crippen molar-refractivity contribution in [1.29, 1.82) is 5.26 Å². The van der Waals surface area contributed by atoms with Crippen LogP contribution in [0.3, 0.4) is 0 Å². The molecule has 0 saturated carbocycles. The predicted octanol–water partition coefficient (Wildman–Crippen LogP) is 2.31. The zero-order valence-electron chi connectivity index (χ0n) is 8.59. The normalized spacial score (nSPS) is 15.7. The summed E-state index contributed by atoms with van der Waals surface area (Å²) in [6.07, 6.45) is 2.38. The number of nitriles is 1. The standard InChI is InChI=1S/C10H20N2/c1-8(2)5-6-9(3)12-10(4)7-11/h8-10,12H,5-6H2,1-4H3. The maximum atomic E-state index is 8.55. The molecule has 0 saturated heterocycles. The Labute approximate surface area is 76.0 Å². The number of rotatable bonds is 5. The highest BCUT2D eigenvalue weighted by Gasteiger charge is 2.06. The molecule has 0 aromatic rings. The Balaban J connectivity index is 3.47. The van der Waals surface area contributed by atoms with E-state index < -0.39 is 0 Å². The summed E-state index contributed by atoms with van der Waals surface area (Å²) in [5, 5.41) is 11.8. The van der Waals surface area contributed by atoms with Gasteiger partial charge in [-0.05, 0) is 32.6 Å². The molecule has 0 radical (unpaired) electrons. The van der Waals surface area contributed by atoms with E-state index in [9.17, 15) is 0 Å². The monoisotopic (exact) mass is 168 g/mol. The van der Waals surface area contributed by atoms with E-state index in [0.29, 0.717) is 6.04 Å². The maximum absolute atomic E-state index is 8.55. The van der Waals surface area contributed by atoms with Gasteiger partial charge in [0.15, 0.2) is 0 Å². The Morgan fingerprint density at radius 2 is 1.75 bits per heavy atom. The molecule has 70 valence electrons. The van der Waals surface area contributed by atoms with Gasteiger partial charge in [-0.25, -0.2) is 0 Å². The van der Waals surface area contributed by atoms with Crippen molar-refractivity contribution in [2.24, 2.45) is 5.92 Å². The summed E-state index contributed by atoms with van der Waals surface area (Å²) in [7, 11) is 0. The number of hydrogen-bond donors (Lipinski definition) is 1. The molecule has 0 rings (SSSR count). The molecule has 0 heterocycles. The maximum Gasteiger partial charge on any atom is 0.0926 e. The van der Waals surface area contributed by atoms with Crippen molar-refractivity contribution in [3.8, 4) is 6.07 Å². The molecule has 0 spiro atoms. The van der Waals surface area contributed by atoms with Crippen molar-refractivity contribution in [3.05, 3.63) is 0 Å². The highest BCUT2D eigenvalue weighted by atomic mass is 14.9. The van der Waals surface area contributed by atoms with Crippen LogP contribution in [-0.4, -0.2) is 12.1 Å². The van der Waals surface area contributed by atoms with Gasteiger partial charge in [-0.3, -0.25) is 5.32 Å². The topological polar surface area (TPSA) is 35.8 Å². The number of nitrogens with zero attached hydrogens (tertiary/aromatic N) is 1. The fourth-order valence-corrected chi connectivity index (χ4v) is 1.13. The smallest absolute Gasteiger partial charge is 0.0926 e. The van der Waals surface area contributed by atoms with Crippen molar-refractivity contribution in [2.75, 3.05) is 0 Å². The first kappa shape index (κ1) is 11.4. The molecule has 0 aromatic heterocycles. The van der Waals surface area contributed by atoms with Gasteiger partial charge >= 0.3 is 0 Å². The molecule has 2 nitrogen and oxygen atoms in total. The Kier molecular flexibility index (Phi) is 5.74. The lowest BCUT2D eigenvalue weighted by atomic mass is 10.0. The van der Waals surface area contributed by atoms with Crippen LogP contribution in [0.2, 0.25) is 0 Å². The van der Waals surface area contributed by atoms with E-state index in [-0.39, 0.29) is 6.04 Å². The van der Waals surface area contributed by atoms with Gasteiger partial charge in [0.05, 0.1) is 12.1 Å². The quantitative estimate of drug-likeness (QED) is 0.683. The summed E-state index contributed by atoms with van der Waals surface area (Å²) in [6, 6.07) is 2.61. The van der Waals surface area contributed by atoms with Gasteiger partial charge < -0.3 is 0 Å². The Hall–Kier alpha value is -0.550. The number of nitrogens with one attached hydrogen (secondary N) is 1. The third-order valence-electron chi connectivity index (χ3n) is 1.91. The molecular weight excluding hydrogens is 148 g/mol. The largest absolute Gasteiger partial charge is 0.300 e. The van der Waals surface area contributed by atoms with Crippen LogP contribution < -0.4 is 5.32 Å². The molecule has 2 heteroatoms. The molecule has 0 amide bonds. The van der Waals surface area contributed by atoms with Crippen molar-refractivity contribution in [2.45, 2.75) is 52.6 Å². The van der Waals surface area contributed by atoms with E-state index >= 15 is 0 Å². The minimum Gasteiger partial charge on any atom is -0.300 e. The highest BCUT2D eigenvalue weighted by Crippen LogP contribution is 2.06. The molecule has 12 heavy (non-hydrogen) atoms. The molecule has 0 aliphatic heterocycles. The van der Waals surface area contributed by atoms with E-state index in [0.717, 1.165) is 12.3 Å². The fourth-order valence-electron chi connectivity index (χ4n) is 1.13. The summed E-state index contributed by atoms with van der Waals surface area (Å²) in [5.74, 6) is 0.756. The molecule has 0 aromatic carbocycles. The molecule has 2 atom stereocenters. The minimum atomic E-state index is -0.0211. The van der Waals surface area contributed by atoms with Crippen LogP contribution >= 0.6 is 0 Å². The zero-order valence-corrected chi connectivity index (χ0v) is 8.59. The minimum absolute atomic E-state index is 0.0211. The number of hydrogen-bond acceptors (Lipinski definition) is 2. The molecular formula is C10H20N2. The summed E-state index contributed by atoms with van der Waals surface area (Å²) in [5.41, 5.74) is 0. The molecule has 0 aliphatic carbocycles. The second-order valence-electron chi connectivity index (χ2n) is 3.89. The van der Waals surface area contributed by atoms with E-state index in [4.69, 9.17) is 5.26 Å². The molecule has 0 aliphatic rings. The predicted molar refractivity (Wildman–Crippen MR) is 51.7 cm³/mol. The molecule has 0 bridgehead atoms. The van der Waals surface area contributed by atoms with Crippen LogP contribution in [0.4, 0.5) is 0 Å². The Bertz CT molecular complexity index is 146. The third-order valence-corrected chi connectivity index (χ3v) is 1.91. The lowest BCUT2D eigenvalue weighted by Gasteiger charge is -2.15. The SMILES string of the molecule is CC(C)CCC(C)NC(C)C#N. The van der Waals surface area contributed by atoms with Crippen LogP contribution in [0.5, 0.6) is 0 Å². The van der Waals surface area contributed by atoms with E-state index in [1.807, 2.05) is 6.92 Å². The first-order valence-corrected chi connectivity index (χ1v) is 4.72. The first-order valence-electron chi connectivity index (χ1n) is 4.72. The van der Waals surface area contributed by atoms with Gasteiger partial charge in [0.2, 0.25) is 0 Å². The third kappa shape index (κ3) is 6.18. The van der Waals surface area contributed by atoms with Crippen LogP contribution in [-0.2, 0) is 0 Å². The molecule has 1 N–H and O–H groups in total. The lowest BCUT2D eigenvalue weighted by Crippen LogP contribution is -2.33. The summed E-state index contributed by atoms with van der Waals surface area (Å²) in [4.78, 5) is 0. The summed E-state index contributed by atoms with van der Waals surface area (Å²) in [6.45, 7) is 8.48. The van der Waals surface area contributed by atoms with Crippen molar-refractivity contribution >= 4 is 0 Å². The van der Waals surface area contributed by atoms with Gasteiger partial charge in [0, 0.05) is 6.04 Å². The molecule has 0 fully saturated rings. The van der Waals surface area contributed by atoms with Crippen molar-refractivity contribution in [3.63, 3.8) is 0 Å². The van der Waals surface area contributed by atoms with Crippen LogP contribution in [0, 0.1) is 17.2 Å². The van der Waals surface area contributed by atoms with Crippen molar-refractivity contribution in [1.82, 2.24) is 5.32 Å². The van der Waals surface area contributed by atoms with E-state index in [2.05, 4.69) is 32.2 Å². The fraction of sp³-hybridized carbons (Fsp3) is 0.900. The highest BCUT2D eigenvalue weighted by molar-refractivity contribution is 4.86. The van der Waals surface area contributed by atoms with Gasteiger partial charge in [-0.1, -0.05) is 13.8 Å². The van der Waals surface area contributed by atoms with E-state index in [1.54, 1.807) is 0 Å². The van der Waals surface area contributed by atoms with E-state index in [1.165, 1.54) is 6.42 Å². The van der Waals surface area contributed by atoms with Crippen LogP contribution in [0.25, 0.3) is 0 Å². The molecule has 2 unspecified atom stereocenters. The average molecular weight is 168 g/mol. The Morgan fingerprint density at radius 1 is 1.17 bits per heavy atom. The van der Waals surface area contributed by atoms with Gasteiger partial charge in [-0.15, -0.1) is 0 Å². The zero-order chi connectivity index (χ0) is 9.56. The lowest BCUT2D eigenvalue weighted by molar-refractivity contribution is 0.439. The van der Waals surface area contributed by atoms with Crippen molar-refractivity contribution < 1.29 is 0 Å². The average Bonchev–Trinajstić information content (AvgIpc) is 2.00. The second kappa shape index (κ2) is 6.02. The van der Waals surface area contributed by atoms with Crippen LogP contribution in [0.1, 0.15) is 40.5 Å². The first-order chi connectivity index (χ1) is 5.56. The van der Waals surface area contributed by atoms with Gasteiger partial charge in [0.25, 0.3) is 0 Å². The van der Waals surface area contributed by atoms with Crippen LogP contribution in [0.15, 0.2) is 0 Å². The summed E-state index contributed by atoms with van der Waals surface area (Å²) < 4.78 is 0. The summed E-state index contributed by atoms with van der Waals surface area (Å²) >= 11 is 0. The van der Waals surface area contributed by atoms with Gasteiger partial charge in [-0.2, -0.15) is 5.26 Å². The van der Waals surface area contributed by atoms with Gasteiger partial charge in [0.1, 0.15) is 0 Å².